The van der Waals surface area contributed by atoms with E-state index in [1.54, 1.807) is 0 Å². The highest BCUT2D eigenvalue weighted by Gasteiger charge is 1.97. The summed E-state index contributed by atoms with van der Waals surface area (Å²) in [4.78, 5) is 10.5. The fourth-order valence-electron chi connectivity index (χ4n) is 4.42. The minimum absolute atomic E-state index is 0.399. The SMILES string of the molecule is CC(C)CCCCCCCCCCCCCCCCCCCCCCCCNC(N)=O. The van der Waals surface area contributed by atoms with Crippen molar-refractivity contribution in [1.82, 2.24) is 5.32 Å². The Kier molecular flexibility index (Phi) is 24.9. The fourth-order valence-corrected chi connectivity index (χ4v) is 4.42. The van der Waals surface area contributed by atoms with Crippen molar-refractivity contribution >= 4 is 6.03 Å². The summed E-state index contributed by atoms with van der Waals surface area (Å²) in [5.41, 5.74) is 5.04. The quantitative estimate of drug-likeness (QED) is 0.137. The lowest BCUT2D eigenvalue weighted by molar-refractivity contribution is 0.248. The number of hydrogen-bond acceptors (Lipinski definition) is 1. The zero-order valence-corrected chi connectivity index (χ0v) is 21.5. The maximum absolute atomic E-state index is 10.5. The topological polar surface area (TPSA) is 55.1 Å². The highest BCUT2D eigenvalue weighted by molar-refractivity contribution is 5.71. The number of amides is 2. The average Bonchev–Trinajstić information content (AvgIpc) is 2.73. The normalized spacial score (nSPS) is 11.3. The number of hydrogen-bond donors (Lipinski definition) is 2. The van der Waals surface area contributed by atoms with E-state index in [9.17, 15) is 4.79 Å². The van der Waals surface area contributed by atoms with Crippen LogP contribution in [0.2, 0.25) is 0 Å². The van der Waals surface area contributed by atoms with Gasteiger partial charge in [-0.3, -0.25) is 0 Å². The number of rotatable bonds is 25. The molecule has 0 unspecified atom stereocenters. The van der Waals surface area contributed by atoms with Gasteiger partial charge in [-0.1, -0.05) is 155 Å². The van der Waals surface area contributed by atoms with E-state index >= 15 is 0 Å². The van der Waals surface area contributed by atoms with Gasteiger partial charge in [0.15, 0.2) is 0 Å². The van der Waals surface area contributed by atoms with E-state index in [2.05, 4.69) is 19.2 Å². The van der Waals surface area contributed by atoms with Crippen LogP contribution in [0.4, 0.5) is 4.79 Å². The number of unbranched alkanes of at least 4 members (excludes halogenated alkanes) is 21. The molecule has 0 atom stereocenters. The van der Waals surface area contributed by atoms with Crippen LogP contribution in [0, 0.1) is 5.92 Å². The van der Waals surface area contributed by atoms with E-state index in [1.165, 1.54) is 141 Å². The number of nitrogens with one attached hydrogen (secondary N) is 1. The third-order valence-corrected chi connectivity index (χ3v) is 6.51. The summed E-state index contributed by atoms with van der Waals surface area (Å²) in [6.07, 6.45) is 32.4. The summed E-state index contributed by atoms with van der Waals surface area (Å²) in [6.45, 7) is 5.40. The molecule has 0 aromatic carbocycles. The molecule has 0 fully saturated rings. The molecule has 0 aliphatic heterocycles. The number of nitrogens with two attached hydrogens (primary N) is 1. The van der Waals surface area contributed by atoms with Gasteiger partial charge >= 0.3 is 6.03 Å². The molecule has 3 heteroatoms. The van der Waals surface area contributed by atoms with Gasteiger partial charge < -0.3 is 11.1 Å². The monoisotopic (exact) mass is 438 g/mol. The van der Waals surface area contributed by atoms with Gasteiger partial charge in [0.25, 0.3) is 0 Å². The van der Waals surface area contributed by atoms with Crippen LogP contribution in [-0.2, 0) is 0 Å². The zero-order chi connectivity index (χ0) is 22.8. The Balaban J connectivity index is 3.01. The average molecular weight is 439 g/mol. The van der Waals surface area contributed by atoms with Gasteiger partial charge in [0.05, 0.1) is 0 Å². The summed E-state index contributed by atoms with van der Waals surface area (Å²) in [5.74, 6) is 0.886. The second-order valence-electron chi connectivity index (χ2n) is 10.3. The van der Waals surface area contributed by atoms with Crippen LogP contribution in [-0.4, -0.2) is 12.6 Å². The van der Waals surface area contributed by atoms with Crippen LogP contribution in [0.5, 0.6) is 0 Å². The molecule has 3 nitrogen and oxygen atoms in total. The summed E-state index contributed by atoms with van der Waals surface area (Å²) < 4.78 is 0. The molecular formula is C28H58N2O. The lowest BCUT2D eigenvalue weighted by Crippen LogP contribution is -2.29. The Labute approximate surface area is 196 Å². The van der Waals surface area contributed by atoms with Crippen LogP contribution in [0.1, 0.15) is 162 Å². The highest BCUT2D eigenvalue weighted by atomic mass is 16.2. The number of urea groups is 1. The second kappa shape index (κ2) is 25.5. The zero-order valence-electron chi connectivity index (χ0n) is 21.5. The van der Waals surface area contributed by atoms with E-state index in [0.29, 0.717) is 0 Å². The van der Waals surface area contributed by atoms with Gasteiger partial charge in [-0.15, -0.1) is 0 Å². The van der Waals surface area contributed by atoms with E-state index in [0.717, 1.165) is 18.9 Å². The van der Waals surface area contributed by atoms with Crippen molar-refractivity contribution in [3.05, 3.63) is 0 Å². The Morgan fingerprint density at radius 2 is 0.774 bits per heavy atom. The number of carbonyl (C=O) groups excluding carboxylic acids is 1. The molecule has 31 heavy (non-hydrogen) atoms. The first-order valence-corrected chi connectivity index (χ1v) is 14.2. The van der Waals surface area contributed by atoms with E-state index < -0.39 is 6.03 Å². The standard InChI is InChI=1S/C28H58N2O/c1-27(2)25-23-21-19-17-15-13-11-9-7-5-3-4-6-8-10-12-14-16-18-20-22-24-26-30-28(29)31/h27H,3-26H2,1-2H3,(H3,29,30,31). The summed E-state index contributed by atoms with van der Waals surface area (Å²) in [5, 5.41) is 2.65. The minimum Gasteiger partial charge on any atom is -0.352 e. The maximum Gasteiger partial charge on any atom is 0.312 e. The Morgan fingerprint density at radius 3 is 1.03 bits per heavy atom. The van der Waals surface area contributed by atoms with Gasteiger partial charge in [-0.2, -0.15) is 0 Å². The van der Waals surface area contributed by atoms with Crippen LogP contribution in [0.15, 0.2) is 0 Å². The predicted octanol–water partition coefficient (Wildman–Crippen LogP) is 9.28. The largest absolute Gasteiger partial charge is 0.352 e. The molecule has 0 bridgehead atoms. The molecule has 186 valence electrons. The molecule has 0 aromatic heterocycles. The van der Waals surface area contributed by atoms with Crippen LogP contribution in [0.3, 0.4) is 0 Å². The van der Waals surface area contributed by atoms with Gasteiger partial charge in [0.1, 0.15) is 0 Å². The van der Waals surface area contributed by atoms with Crippen molar-refractivity contribution in [2.45, 2.75) is 162 Å². The molecule has 2 amide bonds. The molecule has 0 saturated carbocycles. The van der Waals surface area contributed by atoms with Crippen molar-refractivity contribution < 1.29 is 4.79 Å². The molecule has 0 aromatic rings. The van der Waals surface area contributed by atoms with Gasteiger partial charge in [0, 0.05) is 6.54 Å². The van der Waals surface area contributed by atoms with Crippen molar-refractivity contribution in [2.24, 2.45) is 11.7 Å². The first-order valence-electron chi connectivity index (χ1n) is 14.2. The molecule has 3 N–H and O–H groups in total. The lowest BCUT2D eigenvalue weighted by Gasteiger charge is -2.05. The van der Waals surface area contributed by atoms with Crippen molar-refractivity contribution in [3.8, 4) is 0 Å². The predicted molar refractivity (Wildman–Crippen MR) is 139 cm³/mol. The van der Waals surface area contributed by atoms with E-state index in [-0.39, 0.29) is 0 Å². The molecule has 0 rings (SSSR count). The van der Waals surface area contributed by atoms with Gasteiger partial charge in [-0.05, 0) is 12.3 Å². The van der Waals surface area contributed by atoms with Crippen molar-refractivity contribution in [2.75, 3.05) is 6.54 Å². The first-order chi connectivity index (χ1) is 15.1. The molecule has 0 spiro atoms. The molecule has 0 aliphatic rings. The Morgan fingerprint density at radius 1 is 0.516 bits per heavy atom. The lowest BCUT2D eigenvalue weighted by atomic mass is 10.0. The number of primary amides is 1. The Bertz CT molecular complexity index is 357. The smallest absolute Gasteiger partial charge is 0.312 e. The maximum atomic E-state index is 10.5. The first kappa shape index (κ1) is 30.3. The van der Waals surface area contributed by atoms with E-state index in [1.807, 2.05) is 0 Å². The van der Waals surface area contributed by atoms with Crippen LogP contribution in [0.25, 0.3) is 0 Å². The summed E-state index contributed by atoms with van der Waals surface area (Å²) in [7, 11) is 0. The fraction of sp³-hybridized carbons (Fsp3) is 0.964. The molecular weight excluding hydrogens is 380 g/mol. The molecule has 0 aliphatic carbocycles. The summed E-state index contributed by atoms with van der Waals surface area (Å²) >= 11 is 0. The van der Waals surface area contributed by atoms with Crippen LogP contribution < -0.4 is 11.1 Å². The highest BCUT2D eigenvalue weighted by Crippen LogP contribution is 2.16. The third-order valence-electron chi connectivity index (χ3n) is 6.51. The van der Waals surface area contributed by atoms with Gasteiger partial charge in [-0.25, -0.2) is 4.79 Å². The van der Waals surface area contributed by atoms with Crippen LogP contribution >= 0.6 is 0 Å². The minimum atomic E-state index is -0.399. The van der Waals surface area contributed by atoms with Gasteiger partial charge in [0.2, 0.25) is 0 Å². The van der Waals surface area contributed by atoms with Crippen molar-refractivity contribution in [3.63, 3.8) is 0 Å². The molecule has 0 radical (unpaired) electrons. The molecule has 0 heterocycles. The Hall–Kier alpha value is -0.730. The van der Waals surface area contributed by atoms with E-state index in [4.69, 9.17) is 5.73 Å². The molecule has 0 saturated heterocycles. The second-order valence-corrected chi connectivity index (χ2v) is 10.3. The summed E-state index contributed by atoms with van der Waals surface area (Å²) in [6, 6.07) is -0.399. The number of carbonyl (C=O) groups is 1. The van der Waals surface area contributed by atoms with Crippen molar-refractivity contribution in [1.29, 1.82) is 0 Å². The third kappa shape index (κ3) is 29.3.